The quantitative estimate of drug-likeness (QED) is 0.348. The van der Waals surface area contributed by atoms with Gasteiger partial charge in [0.05, 0.1) is 0 Å². The van der Waals surface area contributed by atoms with E-state index in [9.17, 15) is 10.2 Å². The van der Waals surface area contributed by atoms with E-state index in [1.807, 2.05) is 28.2 Å². The van der Waals surface area contributed by atoms with Crippen LogP contribution in [0.5, 0.6) is 11.5 Å². The Labute approximate surface area is 258 Å². The van der Waals surface area contributed by atoms with Crippen molar-refractivity contribution in [1.29, 1.82) is 0 Å². The minimum atomic E-state index is -0.203. The second-order valence-corrected chi connectivity index (χ2v) is 16.5. The van der Waals surface area contributed by atoms with Crippen LogP contribution in [0.3, 0.4) is 0 Å². The molecule has 0 spiro atoms. The SMILES string of the molecule is CC(C)(C)c1ccc(C=[N+][C@@H]2CCCC[C@H]2[N+]([Co])=Cc2ccc(C(C)(C)C)c(C(C)(C)C)c2O)c(O)c1C(C)(C)C. The first-order chi connectivity index (χ1) is 18.6. The molecule has 3 rings (SSSR count). The third-order valence-corrected chi connectivity index (χ3v) is 8.67. The molecule has 1 saturated carbocycles. The Balaban J connectivity index is 2.01. The molecule has 0 bridgehead atoms. The van der Waals surface area contributed by atoms with Gasteiger partial charge in [-0.1, -0.05) is 0 Å². The van der Waals surface area contributed by atoms with E-state index < -0.39 is 0 Å². The number of hydrogen-bond donors (Lipinski definition) is 2. The maximum atomic E-state index is 11.5. The molecule has 1 radical (unpaired) electrons. The summed E-state index contributed by atoms with van der Waals surface area (Å²) in [6, 6.07) is 8.43. The molecular formula is C36H54CoN2O2+2. The summed E-state index contributed by atoms with van der Waals surface area (Å²) in [7, 11) is 0. The van der Waals surface area contributed by atoms with Crippen LogP contribution in [0, 0.1) is 0 Å². The van der Waals surface area contributed by atoms with Crippen molar-refractivity contribution in [3.8, 4) is 11.5 Å². The summed E-state index contributed by atoms with van der Waals surface area (Å²) < 4.78 is 1.94. The molecule has 2 N–H and O–H groups in total. The van der Waals surface area contributed by atoms with Crippen molar-refractivity contribution in [1.82, 2.24) is 4.99 Å². The van der Waals surface area contributed by atoms with Gasteiger partial charge in [-0.25, -0.2) is 0 Å². The Hall–Kier alpha value is -2.11. The summed E-state index contributed by atoms with van der Waals surface area (Å²) in [5, 5.41) is 22.9. The van der Waals surface area contributed by atoms with Crippen molar-refractivity contribution in [2.75, 3.05) is 0 Å². The van der Waals surface area contributed by atoms with E-state index in [1.54, 1.807) is 0 Å². The first kappa shape index (κ1) is 33.4. The molecule has 0 amide bonds. The number of hydrogen-bond acceptors (Lipinski definition) is 3. The molecule has 0 saturated heterocycles. The fraction of sp³-hybridized carbons (Fsp3) is 0.611. The number of phenols is 2. The van der Waals surface area contributed by atoms with Crippen LogP contribution in [0.1, 0.15) is 142 Å². The zero-order valence-electron chi connectivity index (χ0n) is 27.6. The molecule has 0 unspecified atom stereocenters. The Morgan fingerprint density at radius 3 is 1.59 bits per heavy atom. The average molecular weight is 606 g/mol. The minimum absolute atomic E-state index is 0.0356. The van der Waals surface area contributed by atoms with Crippen molar-refractivity contribution in [2.24, 2.45) is 0 Å². The van der Waals surface area contributed by atoms with Crippen molar-refractivity contribution >= 4 is 12.4 Å². The van der Waals surface area contributed by atoms with Crippen LogP contribution in [0.15, 0.2) is 24.3 Å². The van der Waals surface area contributed by atoms with Crippen LogP contribution in [0.2, 0.25) is 0 Å². The standard InChI is InChI=1S/C36H54N2O2.Co/c1-33(2,3)25-19-17-23(31(39)29(25)35(7,8)9)21-37-27-15-13-14-16-28(27)38-22-24-18-20-26(34(4,5)6)30(32(24)40)36(10,11)12;/h17-22,27-28,39-40H,13-16H2,1-12H3;/q2*+1/t27-,28-;/m1./s1. The van der Waals surface area contributed by atoms with E-state index in [1.165, 1.54) is 0 Å². The summed E-state index contributed by atoms with van der Waals surface area (Å²) in [6.07, 6.45) is 7.97. The Bertz CT molecular complexity index is 1310. The van der Waals surface area contributed by atoms with Gasteiger partial charge < -0.3 is 0 Å². The molecule has 0 heterocycles. The topological polar surface area (TPSA) is 57.6 Å². The molecule has 1 aliphatic rings. The first-order valence-electron chi connectivity index (χ1n) is 15.2. The van der Waals surface area contributed by atoms with E-state index >= 15 is 0 Å². The van der Waals surface area contributed by atoms with Crippen LogP contribution in [-0.2, 0) is 37.6 Å². The van der Waals surface area contributed by atoms with Gasteiger partial charge in [-0.15, -0.1) is 0 Å². The number of nitrogens with zero attached hydrogens (tertiary/aromatic N) is 2. The Morgan fingerprint density at radius 2 is 1.12 bits per heavy atom. The molecule has 4 nitrogen and oxygen atoms in total. The Kier molecular flexibility index (Phi) is 9.67. The van der Waals surface area contributed by atoms with E-state index in [4.69, 9.17) is 20.9 Å². The van der Waals surface area contributed by atoms with Crippen LogP contribution < -0.4 is 4.99 Å². The summed E-state index contributed by atoms with van der Waals surface area (Å²) in [6.45, 7) is 26.0. The van der Waals surface area contributed by atoms with Gasteiger partial charge in [0.15, 0.2) is 0 Å². The molecular weight excluding hydrogens is 551 g/mol. The van der Waals surface area contributed by atoms with Crippen molar-refractivity contribution in [3.63, 3.8) is 0 Å². The summed E-state index contributed by atoms with van der Waals surface area (Å²) in [4.78, 5) is 5.04. The van der Waals surface area contributed by atoms with Crippen molar-refractivity contribution in [2.45, 2.75) is 143 Å². The summed E-state index contributed by atoms with van der Waals surface area (Å²) >= 11 is 4.99. The molecule has 41 heavy (non-hydrogen) atoms. The maximum absolute atomic E-state index is 11.5. The van der Waals surface area contributed by atoms with Gasteiger partial charge in [-0.05, 0) is 0 Å². The molecule has 2 aromatic carbocycles. The molecule has 2 atom stereocenters. The zero-order valence-corrected chi connectivity index (χ0v) is 28.6. The summed E-state index contributed by atoms with van der Waals surface area (Å²) in [5.41, 5.74) is 5.28. The molecule has 1 aliphatic carbocycles. The van der Waals surface area contributed by atoms with Crippen LogP contribution >= 0.6 is 0 Å². The van der Waals surface area contributed by atoms with Gasteiger partial charge in [0.1, 0.15) is 0 Å². The van der Waals surface area contributed by atoms with Gasteiger partial charge in [-0.2, -0.15) is 0 Å². The van der Waals surface area contributed by atoms with Gasteiger partial charge in [-0.3, -0.25) is 0 Å². The van der Waals surface area contributed by atoms with Crippen LogP contribution in [0.4, 0.5) is 0 Å². The average Bonchev–Trinajstić information content (AvgIpc) is 2.81. The zero-order chi connectivity index (χ0) is 31.1. The third-order valence-electron chi connectivity index (χ3n) is 8.19. The monoisotopic (exact) mass is 605 g/mol. The second kappa shape index (κ2) is 11.9. The third kappa shape index (κ3) is 7.65. The molecule has 5 heteroatoms. The molecule has 227 valence electrons. The van der Waals surface area contributed by atoms with Crippen LogP contribution in [-0.4, -0.2) is 38.4 Å². The van der Waals surface area contributed by atoms with E-state index in [2.05, 4.69) is 95.2 Å². The number of phenolic OH excluding ortho intramolecular Hbond substituents is 2. The van der Waals surface area contributed by atoms with Crippen molar-refractivity contribution < 1.29 is 29.8 Å². The number of aliphatic imine (C=N–C) groups is 1. The van der Waals surface area contributed by atoms with Gasteiger partial charge >= 0.3 is 259 Å². The number of aromatic hydroxyl groups is 2. The normalized spacial score (nSPS) is 19.7. The number of benzene rings is 2. The van der Waals surface area contributed by atoms with E-state index in [0.717, 1.165) is 59.1 Å². The molecule has 0 aromatic heterocycles. The summed E-state index contributed by atoms with van der Waals surface area (Å²) in [5.74, 6) is 0.658. The van der Waals surface area contributed by atoms with Crippen LogP contribution in [0.25, 0.3) is 0 Å². The van der Waals surface area contributed by atoms with E-state index in [0.29, 0.717) is 11.5 Å². The number of rotatable bonds is 4. The first-order valence-corrected chi connectivity index (χ1v) is 15.6. The predicted octanol–water partition coefficient (Wildman–Crippen LogP) is 7.95. The van der Waals surface area contributed by atoms with Gasteiger partial charge in [0.2, 0.25) is 0 Å². The molecule has 2 aromatic rings. The van der Waals surface area contributed by atoms with Gasteiger partial charge in [0.25, 0.3) is 0 Å². The predicted molar refractivity (Wildman–Crippen MR) is 170 cm³/mol. The van der Waals surface area contributed by atoms with Gasteiger partial charge in [0, 0.05) is 0 Å². The fourth-order valence-corrected chi connectivity index (χ4v) is 6.59. The van der Waals surface area contributed by atoms with Crippen molar-refractivity contribution in [3.05, 3.63) is 57.6 Å². The molecule has 1 fully saturated rings. The van der Waals surface area contributed by atoms with E-state index in [-0.39, 0.29) is 33.7 Å². The Morgan fingerprint density at radius 1 is 0.683 bits per heavy atom. The fourth-order valence-electron chi connectivity index (χ4n) is 6.13. The molecule has 0 aliphatic heterocycles. The second-order valence-electron chi connectivity index (χ2n) is 16.0.